The zero-order chi connectivity index (χ0) is 23.2. The lowest BCUT2D eigenvalue weighted by atomic mass is 10.2. The summed E-state index contributed by atoms with van der Waals surface area (Å²) in [4.78, 5) is 43.1. The highest BCUT2D eigenvalue weighted by Crippen LogP contribution is 2.21. The summed E-state index contributed by atoms with van der Waals surface area (Å²) in [7, 11) is 0. The molecule has 0 unspecified atom stereocenters. The quantitative estimate of drug-likeness (QED) is 0.229. The Hall–Kier alpha value is -3.43. The zero-order valence-electron chi connectivity index (χ0n) is 17.8. The predicted molar refractivity (Wildman–Crippen MR) is 131 cm³/mol. The van der Waals surface area contributed by atoms with Crippen LogP contribution in [-0.2, 0) is 16.1 Å². The molecular formula is C24H21N3O4S2. The van der Waals surface area contributed by atoms with Crippen LogP contribution < -0.4 is 10.9 Å². The summed E-state index contributed by atoms with van der Waals surface area (Å²) in [5.41, 5.74) is 1.45. The Kier molecular flexibility index (Phi) is 7.21. The Balaban J connectivity index is 1.49. The number of aromatic nitrogens is 2. The molecule has 33 heavy (non-hydrogen) atoms. The number of rotatable bonds is 8. The van der Waals surface area contributed by atoms with Gasteiger partial charge in [0, 0.05) is 10.6 Å². The highest BCUT2D eigenvalue weighted by Gasteiger charge is 2.14. The van der Waals surface area contributed by atoms with Crippen LogP contribution in [0.3, 0.4) is 0 Å². The van der Waals surface area contributed by atoms with Crippen LogP contribution in [0, 0.1) is 0 Å². The number of ether oxygens (including phenoxy) is 1. The number of carbonyl (C=O) groups is 2. The van der Waals surface area contributed by atoms with Crippen LogP contribution in [0.1, 0.15) is 22.2 Å². The number of esters is 1. The lowest BCUT2D eigenvalue weighted by Crippen LogP contribution is -2.24. The maximum Gasteiger partial charge on any atom is 0.338 e. The van der Waals surface area contributed by atoms with E-state index in [1.165, 1.54) is 11.8 Å². The molecule has 168 valence electrons. The van der Waals surface area contributed by atoms with E-state index in [4.69, 9.17) is 4.74 Å². The standard InChI is InChI=1S/C24H21N3O4S2/c1-2-31-23(30)16-9-11-17(12-10-16)25-21(28)15-33-24-26-20-8-4-3-7-19(20)22(29)27(24)14-18-6-5-13-32-18/h3-13H,2,14-15H2,1H3,(H,25,28). The van der Waals surface area contributed by atoms with Crippen molar-refractivity contribution in [3.8, 4) is 0 Å². The molecule has 0 saturated carbocycles. The molecule has 4 rings (SSSR count). The van der Waals surface area contributed by atoms with Crippen LogP contribution in [0.25, 0.3) is 10.9 Å². The number of hydrogen-bond acceptors (Lipinski definition) is 7. The van der Waals surface area contributed by atoms with Gasteiger partial charge in [0.1, 0.15) is 0 Å². The molecule has 0 aliphatic carbocycles. The molecule has 1 amide bonds. The molecule has 0 aliphatic heterocycles. The van der Waals surface area contributed by atoms with E-state index in [9.17, 15) is 14.4 Å². The van der Waals surface area contributed by atoms with Crippen LogP contribution in [0.5, 0.6) is 0 Å². The van der Waals surface area contributed by atoms with E-state index in [2.05, 4.69) is 10.3 Å². The summed E-state index contributed by atoms with van der Waals surface area (Å²) in [6.07, 6.45) is 0. The summed E-state index contributed by atoms with van der Waals surface area (Å²) >= 11 is 2.77. The van der Waals surface area contributed by atoms with Gasteiger partial charge < -0.3 is 10.1 Å². The average molecular weight is 480 g/mol. The molecule has 9 heteroatoms. The zero-order valence-corrected chi connectivity index (χ0v) is 19.4. The van der Waals surface area contributed by atoms with Crippen molar-refractivity contribution >= 4 is 51.6 Å². The lowest BCUT2D eigenvalue weighted by molar-refractivity contribution is -0.113. The molecule has 2 aromatic heterocycles. The van der Waals surface area contributed by atoms with Crippen molar-refractivity contribution in [3.63, 3.8) is 0 Å². The normalized spacial score (nSPS) is 10.8. The van der Waals surface area contributed by atoms with E-state index in [1.807, 2.05) is 29.6 Å². The second-order valence-corrected chi connectivity index (χ2v) is 8.99. The molecular weight excluding hydrogens is 458 g/mol. The van der Waals surface area contributed by atoms with Gasteiger partial charge in [-0.25, -0.2) is 9.78 Å². The van der Waals surface area contributed by atoms with E-state index in [1.54, 1.807) is 59.2 Å². The van der Waals surface area contributed by atoms with Gasteiger partial charge in [0.15, 0.2) is 5.16 Å². The minimum atomic E-state index is -0.406. The fourth-order valence-electron chi connectivity index (χ4n) is 3.19. The summed E-state index contributed by atoms with van der Waals surface area (Å²) in [5, 5.41) is 5.79. The minimum absolute atomic E-state index is 0.0782. The van der Waals surface area contributed by atoms with Gasteiger partial charge in [-0.3, -0.25) is 14.2 Å². The number of hydrogen-bond donors (Lipinski definition) is 1. The second-order valence-electron chi connectivity index (χ2n) is 7.02. The van der Waals surface area contributed by atoms with E-state index in [0.717, 1.165) is 4.88 Å². The Labute approximate surface area is 198 Å². The third kappa shape index (κ3) is 5.50. The molecule has 0 fully saturated rings. The summed E-state index contributed by atoms with van der Waals surface area (Å²) in [6, 6.07) is 17.6. The summed E-state index contributed by atoms with van der Waals surface area (Å²) in [5.74, 6) is -0.569. The maximum absolute atomic E-state index is 13.1. The molecule has 2 heterocycles. The van der Waals surface area contributed by atoms with E-state index >= 15 is 0 Å². The topological polar surface area (TPSA) is 90.3 Å². The molecule has 4 aromatic rings. The van der Waals surface area contributed by atoms with Crippen LogP contribution in [-0.4, -0.2) is 33.8 Å². The molecule has 0 bridgehead atoms. The third-order valence-corrected chi connectivity index (χ3v) is 6.57. The first-order valence-corrected chi connectivity index (χ1v) is 12.1. The number of benzene rings is 2. The van der Waals surface area contributed by atoms with E-state index in [-0.39, 0.29) is 17.2 Å². The van der Waals surface area contributed by atoms with Crippen molar-refractivity contribution < 1.29 is 14.3 Å². The predicted octanol–water partition coefficient (Wildman–Crippen LogP) is 4.41. The SMILES string of the molecule is CCOC(=O)c1ccc(NC(=O)CSc2nc3ccccc3c(=O)n2Cc2cccs2)cc1. The van der Waals surface area contributed by atoms with Crippen molar-refractivity contribution in [2.45, 2.75) is 18.6 Å². The first kappa shape index (κ1) is 22.8. The molecule has 0 aliphatic rings. The molecule has 7 nitrogen and oxygen atoms in total. The van der Waals surface area contributed by atoms with Crippen molar-refractivity contribution in [2.75, 3.05) is 17.7 Å². The number of thioether (sulfide) groups is 1. The van der Waals surface area contributed by atoms with Crippen LogP contribution in [0.2, 0.25) is 0 Å². The highest BCUT2D eigenvalue weighted by molar-refractivity contribution is 7.99. The monoisotopic (exact) mass is 479 g/mol. The first-order valence-electron chi connectivity index (χ1n) is 10.3. The molecule has 0 radical (unpaired) electrons. The highest BCUT2D eigenvalue weighted by atomic mass is 32.2. The summed E-state index contributed by atoms with van der Waals surface area (Å²) in [6.45, 7) is 2.44. The molecule has 2 aromatic carbocycles. The van der Waals surface area contributed by atoms with Gasteiger partial charge in [-0.15, -0.1) is 11.3 Å². The van der Waals surface area contributed by atoms with Crippen LogP contribution >= 0.6 is 23.1 Å². The van der Waals surface area contributed by atoms with Gasteiger partial charge in [-0.1, -0.05) is 30.0 Å². The van der Waals surface area contributed by atoms with Crippen molar-refractivity contribution in [1.82, 2.24) is 9.55 Å². The van der Waals surface area contributed by atoms with Gasteiger partial charge in [-0.2, -0.15) is 0 Å². The molecule has 0 saturated heterocycles. The van der Waals surface area contributed by atoms with Crippen LogP contribution in [0.4, 0.5) is 5.69 Å². The first-order chi connectivity index (χ1) is 16.0. The largest absolute Gasteiger partial charge is 0.462 e. The number of fused-ring (bicyclic) bond motifs is 1. The fraction of sp³-hybridized carbons (Fsp3) is 0.167. The molecule has 1 N–H and O–H groups in total. The van der Waals surface area contributed by atoms with Crippen molar-refractivity contribution in [3.05, 3.63) is 86.8 Å². The lowest BCUT2D eigenvalue weighted by Gasteiger charge is -2.12. The number of para-hydroxylation sites is 1. The Morgan fingerprint density at radius 3 is 2.61 bits per heavy atom. The fourth-order valence-corrected chi connectivity index (χ4v) is 4.68. The minimum Gasteiger partial charge on any atom is -0.462 e. The Morgan fingerprint density at radius 2 is 1.88 bits per heavy atom. The third-order valence-electron chi connectivity index (χ3n) is 4.73. The average Bonchev–Trinajstić information content (AvgIpc) is 3.34. The Bertz CT molecular complexity index is 1330. The number of nitrogens with zero attached hydrogens (tertiary/aromatic N) is 2. The van der Waals surface area contributed by atoms with Crippen molar-refractivity contribution in [2.24, 2.45) is 0 Å². The van der Waals surface area contributed by atoms with Gasteiger partial charge in [0.05, 0.1) is 35.4 Å². The van der Waals surface area contributed by atoms with Gasteiger partial charge in [0.25, 0.3) is 5.56 Å². The van der Waals surface area contributed by atoms with Crippen molar-refractivity contribution in [1.29, 1.82) is 0 Å². The second kappa shape index (κ2) is 10.5. The summed E-state index contributed by atoms with van der Waals surface area (Å²) < 4.78 is 6.57. The maximum atomic E-state index is 13.1. The van der Waals surface area contributed by atoms with Gasteiger partial charge >= 0.3 is 5.97 Å². The number of carbonyl (C=O) groups excluding carboxylic acids is 2. The number of nitrogens with one attached hydrogen (secondary N) is 1. The number of anilines is 1. The van der Waals surface area contributed by atoms with Gasteiger partial charge in [-0.05, 0) is 54.8 Å². The van der Waals surface area contributed by atoms with Gasteiger partial charge in [0.2, 0.25) is 5.91 Å². The van der Waals surface area contributed by atoms with E-state index in [0.29, 0.717) is 40.5 Å². The van der Waals surface area contributed by atoms with Crippen LogP contribution in [0.15, 0.2) is 76.0 Å². The number of thiophene rings is 1. The molecule has 0 atom stereocenters. The Morgan fingerprint density at radius 1 is 1.09 bits per heavy atom. The van der Waals surface area contributed by atoms with E-state index < -0.39 is 5.97 Å². The smallest absolute Gasteiger partial charge is 0.338 e. The molecule has 0 spiro atoms. The number of amides is 1.